The molecule has 1 aliphatic heterocycles. The molecule has 106 valence electrons. The first-order valence-corrected chi connectivity index (χ1v) is 7.20. The number of anilines is 1. The van der Waals surface area contributed by atoms with Crippen LogP contribution < -0.4 is 4.90 Å². The van der Waals surface area contributed by atoms with E-state index in [4.69, 9.17) is 0 Å². The minimum Gasteiger partial charge on any atom is -0.343 e. The van der Waals surface area contributed by atoms with Crippen LogP contribution in [0.1, 0.15) is 23.0 Å². The molecule has 3 aromatic heterocycles. The molecule has 21 heavy (non-hydrogen) atoms. The van der Waals surface area contributed by atoms with E-state index < -0.39 is 0 Å². The smallest absolute Gasteiger partial charge is 0.225 e. The normalized spacial score (nSPS) is 15.4. The van der Waals surface area contributed by atoms with E-state index in [1.807, 2.05) is 32.2 Å². The molecular formula is C16H17N5. The van der Waals surface area contributed by atoms with Gasteiger partial charge in [0.25, 0.3) is 0 Å². The minimum absolute atomic E-state index is 0.503. The number of pyridine rings is 1. The SMILES string of the molecule is Cc1cc(C)nc(N2CC(c3cc4cccnc4[nH]3)C2)n1. The van der Waals surface area contributed by atoms with Gasteiger partial charge in [0.05, 0.1) is 0 Å². The maximum atomic E-state index is 4.52. The summed E-state index contributed by atoms with van der Waals surface area (Å²) in [5.41, 5.74) is 4.27. The highest BCUT2D eigenvalue weighted by atomic mass is 15.3. The van der Waals surface area contributed by atoms with Gasteiger partial charge in [-0.2, -0.15) is 0 Å². The first kappa shape index (κ1) is 12.3. The zero-order valence-electron chi connectivity index (χ0n) is 12.2. The fourth-order valence-electron chi connectivity index (χ4n) is 2.89. The van der Waals surface area contributed by atoms with Crippen molar-refractivity contribution in [3.63, 3.8) is 0 Å². The van der Waals surface area contributed by atoms with Crippen molar-refractivity contribution in [2.24, 2.45) is 0 Å². The Bertz CT molecular complexity index is 748. The summed E-state index contributed by atoms with van der Waals surface area (Å²) < 4.78 is 0. The summed E-state index contributed by atoms with van der Waals surface area (Å²) in [4.78, 5) is 19.0. The Kier molecular flexibility index (Phi) is 2.67. The molecule has 0 radical (unpaired) electrons. The lowest BCUT2D eigenvalue weighted by molar-refractivity contribution is 0.505. The van der Waals surface area contributed by atoms with E-state index in [2.05, 4.69) is 37.0 Å². The molecule has 0 bridgehead atoms. The van der Waals surface area contributed by atoms with Crippen molar-refractivity contribution in [1.29, 1.82) is 0 Å². The van der Waals surface area contributed by atoms with Gasteiger partial charge in [0.15, 0.2) is 0 Å². The van der Waals surface area contributed by atoms with Crippen molar-refractivity contribution in [3.05, 3.63) is 47.5 Å². The number of hydrogen-bond acceptors (Lipinski definition) is 4. The molecular weight excluding hydrogens is 262 g/mol. The summed E-state index contributed by atoms with van der Waals surface area (Å²) in [5, 5.41) is 1.17. The summed E-state index contributed by atoms with van der Waals surface area (Å²) >= 11 is 0. The van der Waals surface area contributed by atoms with Crippen molar-refractivity contribution in [2.45, 2.75) is 19.8 Å². The zero-order valence-corrected chi connectivity index (χ0v) is 12.2. The third-order valence-corrected chi connectivity index (χ3v) is 3.99. The van der Waals surface area contributed by atoms with Gasteiger partial charge in [0, 0.05) is 47.7 Å². The average molecular weight is 279 g/mol. The molecule has 4 rings (SSSR count). The van der Waals surface area contributed by atoms with E-state index in [0.717, 1.165) is 36.1 Å². The third-order valence-electron chi connectivity index (χ3n) is 3.99. The van der Waals surface area contributed by atoms with Crippen molar-refractivity contribution in [2.75, 3.05) is 18.0 Å². The molecule has 4 heterocycles. The predicted molar refractivity (Wildman–Crippen MR) is 82.6 cm³/mol. The summed E-state index contributed by atoms with van der Waals surface area (Å²) in [5.74, 6) is 1.35. The molecule has 0 amide bonds. The predicted octanol–water partition coefficient (Wildman–Crippen LogP) is 2.57. The van der Waals surface area contributed by atoms with E-state index in [9.17, 15) is 0 Å². The lowest BCUT2D eigenvalue weighted by Crippen LogP contribution is -2.46. The van der Waals surface area contributed by atoms with Crippen LogP contribution in [-0.2, 0) is 0 Å². The van der Waals surface area contributed by atoms with Crippen LogP contribution in [0.25, 0.3) is 11.0 Å². The Morgan fingerprint density at radius 1 is 1.14 bits per heavy atom. The van der Waals surface area contributed by atoms with Crippen LogP contribution in [0.5, 0.6) is 0 Å². The van der Waals surface area contributed by atoms with Crippen LogP contribution in [0.2, 0.25) is 0 Å². The molecule has 1 fully saturated rings. The van der Waals surface area contributed by atoms with E-state index in [1.165, 1.54) is 11.1 Å². The van der Waals surface area contributed by atoms with Crippen LogP contribution >= 0.6 is 0 Å². The Morgan fingerprint density at radius 3 is 2.62 bits per heavy atom. The lowest BCUT2D eigenvalue weighted by atomic mass is 9.97. The summed E-state index contributed by atoms with van der Waals surface area (Å²) in [7, 11) is 0. The molecule has 0 aromatic carbocycles. The van der Waals surface area contributed by atoms with Crippen LogP contribution in [0.3, 0.4) is 0 Å². The number of rotatable bonds is 2. The maximum absolute atomic E-state index is 4.52. The van der Waals surface area contributed by atoms with Gasteiger partial charge in [0.1, 0.15) is 5.65 Å². The summed E-state index contributed by atoms with van der Waals surface area (Å²) in [6.07, 6.45) is 1.82. The Hall–Kier alpha value is -2.43. The topological polar surface area (TPSA) is 57.7 Å². The Balaban J connectivity index is 1.54. The zero-order chi connectivity index (χ0) is 14.4. The van der Waals surface area contributed by atoms with Crippen molar-refractivity contribution < 1.29 is 0 Å². The number of fused-ring (bicyclic) bond motifs is 1. The van der Waals surface area contributed by atoms with E-state index in [1.54, 1.807) is 0 Å². The van der Waals surface area contributed by atoms with Gasteiger partial charge in [-0.15, -0.1) is 0 Å². The van der Waals surface area contributed by atoms with Crippen molar-refractivity contribution in [3.8, 4) is 0 Å². The molecule has 0 aliphatic carbocycles. The Labute approximate surface area is 123 Å². The highest BCUT2D eigenvalue weighted by molar-refractivity contribution is 5.76. The quantitative estimate of drug-likeness (QED) is 0.783. The first-order chi connectivity index (χ1) is 10.2. The van der Waals surface area contributed by atoms with Crippen LogP contribution in [-0.4, -0.2) is 33.0 Å². The maximum Gasteiger partial charge on any atom is 0.225 e. The van der Waals surface area contributed by atoms with E-state index >= 15 is 0 Å². The van der Waals surface area contributed by atoms with E-state index in [-0.39, 0.29) is 0 Å². The van der Waals surface area contributed by atoms with Gasteiger partial charge in [-0.1, -0.05) is 0 Å². The monoisotopic (exact) mass is 279 g/mol. The molecule has 3 aromatic rings. The third kappa shape index (κ3) is 2.14. The molecule has 5 heteroatoms. The number of aromatic amines is 1. The highest BCUT2D eigenvalue weighted by Crippen LogP contribution is 2.30. The summed E-state index contributed by atoms with van der Waals surface area (Å²) in [6, 6.07) is 8.26. The van der Waals surface area contributed by atoms with Crippen LogP contribution in [0.4, 0.5) is 5.95 Å². The molecule has 5 nitrogen and oxygen atoms in total. The van der Waals surface area contributed by atoms with Gasteiger partial charge < -0.3 is 9.88 Å². The lowest BCUT2D eigenvalue weighted by Gasteiger charge is -2.39. The second-order valence-electron chi connectivity index (χ2n) is 5.72. The standard InChI is InChI=1S/C16H17N5/c1-10-6-11(2)19-16(18-10)21-8-13(9-21)14-7-12-4-3-5-17-15(12)20-14/h3-7,13H,8-9H2,1-2H3,(H,17,20). The fraction of sp³-hybridized carbons (Fsp3) is 0.312. The van der Waals surface area contributed by atoms with Crippen molar-refractivity contribution >= 4 is 17.0 Å². The number of aromatic nitrogens is 4. The molecule has 1 aliphatic rings. The first-order valence-electron chi connectivity index (χ1n) is 7.20. The number of nitrogens with zero attached hydrogens (tertiary/aromatic N) is 4. The number of nitrogens with one attached hydrogen (secondary N) is 1. The second kappa shape index (κ2) is 4.55. The molecule has 0 unspecified atom stereocenters. The molecule has 0 spiro atoms. The van der Waals surface area contributed by atoms with Gasteiger partial charge in [0.2, 0.25) is 5.95 Å². The van der Waals surface area contributed by atoms with Gasteiger partial charge >= 0.3 is 0 Å². The van der Waals surface area contributed by atoms with Gasteiger partial charge in [-0.05, 0) is 38.1 Å². The van der Waals surface area contributed by atoms with Crippen LogP contribution in [0, 0.1) is 13.8 Å². The van der Waals surface area contributed by atoms with Gasteiger partial charge in [-0.3, -0.25) is 0 Å². The van der Waals surface area contributed by atoms with Crippen molar-refractivity contribution in [1.82, 2.24) is 19.9 Å². The van der Waals surface area contributed by atoms with Crippen LogP contribution in [0.15, 0.2) is 30.5 Å². The fourth-order valence-corrected chi connectivity index (χ4v) is 2.89. The molecule has 1 N–H and O–H groups in total. The van der Waals surface area contributed by atoms with E-state index in [0.29, 0.717) is 5.92 Å². The summed E-state index contributed by atoms with van der Waals surface area (Å²) in [6.45, 7) is 5.93. The average Bonchev–Trinajstić information content (AvgIpc) is 2.78. The minimum atomic E-state index is 0.503. The largest absolute Gasteiger partial charge is 0.343 e. The molecule has 0 atom stereocenters. The highest BCUT2D eigenvalue weighted by Gasteiger charge is 2.31. The Morgan fingerprint density at radius 2 is 1.90 bits per heavy atom. The number of hydrogen-bond donors (Lipinski definition) is 1. The number of H-pyrrole nitrogens is 1. The number of aryl methyl sites for hydroxylation is 2. The molecule has 0 saturated carbocycles. The van der Waals surface area contributed by atoms with Gasteiger partial charge in [-0.25, -0.2) is 15.0 Å². The molecule has 1 saturated heterocycles. The second-order valence-corrected chi connectivity index (χ2v) is 5.72.